The number of rotatable bonds is 2. The number of carbonyl (C=O) groups is 1. The van der Waals surface area contributed by atoms with Gasteiger partial charge in [0.05, 0.1) is 11.1 Å². The molecule has 3 rings (SSSR count). The number of hydrogen-bond donors (Lipinski definition) is 1. The third-order valence-corrected chi connectivity index (χ3v) is 3.65. The fourth-order valence-corrected chi connectivity index (χ4v) is 2.49. The van der Waals surface area contributed by atoms with Gasteiger partial charge in [-0.05, 0) is 30.3 Å². The molecule has 0 atom stereocenters. The lowest BCUT2D eigenvalue weighted by Gasteiger charge is -2.07. The van der Waals surface area contributed by atoms with Crippen LogP contribution in [0.5, 0.6) is 0 Å². The van der Waals surface area contributed by atoms with Crippen LogP contribution in [-0.2, 0) is 0 Å². The highest BCUT2D eigenvalue weighted by Crippen LogP contribution is 2.23. The molecule has 0 fully saturated rings. The second kappa shape index (κ2) is 5.26. The molecule has 1 aromatic heterocycles. The zero-order valence-corrected chi connectivity index (χ0v) is 12.4. The minimum atomic E-state index is -0.586. The van der Waals surface area contributed by atoms with Gasteiger partial charge in [0.2, 0.25) is 5.78 Å². The summed E-state index contributed by atoms with van der Waals surface area (Å²) in [5.74, 6) is -1.08. The van der Waals surface area contributed by atoms with Gasteiger partial charge in [-0.15, -0.1) is 0 Å². The maximum Gasteiger partial charge on any atom is 0.214 e. The molecule has 3 nitrogen and oxygen atoms in total. The molecule has 0 unspecified atom stereocenters. The van der Waals surface area contributed by atoms with Crippen LogP contribution in [0.2, 0.25) is 0 Å². The summed E-state index contributed by atoms with van der Waals surface area (Å²) < 4.78 is 14.4. The number of nitrogens with two attached hydrogens (primary N) is 1. The third-order valence-electron chi connectivity index (χ3n) is 3.15. The predicted octanol–water partition coefficient (Wildman–Crippen LogP) is 3.95. The fraction of sp³-hybridized carbons (Fsp3) is 0. The average molecular weight is 345 g/mol. The van der Waals surface area contributed by atoms with Crippen LogP contribution in [0.4, 0.5) is 10.1 Å². The van der Waals surface area contributed by atoms with Gasteiger partial charge in [0, 0.05) is 15.5 Å². The normalized spacial score (nSPS) is 10.8. The molecular formula is C16H10BrFN2O. The maximum absolute atomic E-state index is 13.8. The number of nitrogen functional groups attached to an aromatic ring is 1. The van der Waals surface area contributed by atoms with Gasteiger partial charge in [-0.2, -0.15) is 0 Å². The molecule has 0 aliphatic rings. The van der Waals surface area contributed by atoms with Gasteiger partial charge in [-0.3, -0.25) is 4.79 Å². The summed E-state index contributed by atoms with van der Waals surface area (Å²) in [6.45, 7) is 0. The van der Waals surface area contributed by atoms with E-state index in [0.717, 1.165) is 5.39 Å². The first-order valence-electron chi connectivity index (χ1n) is 6.21. The molecule has 2 N–H and O–H groups in total. The SMILES string of the molecule is Nc1cc(C(=O)c2cc(Br)ccc2F)nc2ccccc12. The Morgan fingerprint density at radius 3 is 2.71 bits per heavy atom. The second-order valence-corrected chi connectivity index (χ2v) is 5.48. The number of halogens is 2. The first-order valence-corrected chi connectivity index (χ1v) is 7.00. The van der Waals surface area contributed by atoms with Crippen molar-refractivity contribution in [3.8, 4) is 0 Å². The summed E-state index contributed by atoms with van der Waals surface area (Å²) in [4.78, 5) is 16.7. The number of aromatic nitrogens is 1. The topological polar surface area (TPSA) is 56.0 Å². The van der Waals surface area contributed by atoms with Gasteiger partial charge in [0.1, 0.15) is 11.5 Å². The zero-order chi connectivity index (χ0) is 15.0. The van der Waals surface area contributed by atoms with Crippen molar-refractivity contribution in [3.63, 3.8) is 0 Å². The van der Waals surface area contributed by atoms with Crippen LogP contribution in [0, 0.1) is 5.82 Å². The van der Waals surface area contributed by atoms with Crippen molar-refractivity contribution in [2.75, 3.05) is 5.73 Å². The van der Waals surface area contributed by atoms with E-state index in [9.17, 15) is 9.18 Å². The summed E-state index contributed by atoms with van der Waals surface area (Å²) in [5.41, 5.74) is 7.09. The second-order valence-electron chi connectivity index (χ2n) is 4.57. The predicted molar refractivity (Wildman–Crippen MR) is 83.7 cm³/mol. The summed E-state index contributed by atoms with van der Waals surface area (Å²) in [7, 11) is 0. The standard InChI is InChI=1S/C16H10BrFN2O/c17-9-5-6-12(18)11(7-9)16(21)15-8-13(19)10-3-1-2-4-14(10)20-15/h1-8H,(H2,19,20). The molecule has 21 heavy (non-hydrogen) atoms. The smallest absolute Gasteiger partial charge is 0.214 e. The number of hydrogen-bond acceptors (Lipinski definition) is 3. The first-order chi connectivity index (χ1) is 10.1. The van der Waals surface area contributed by atoms with Gasteiger partial charge >= 0.3 is 0 Å². The van der Waals surface area contributed by atoms with Crippen LogP contribution in [0.1, 0.15) is 16.1 Å². The molecule has 0 amide bonds. The van der Waals surface area contributed by atoms with Crippen LogP contribution >= 0.6 is 15.9 Å². The lowest BCUT2D eigenvalue weighted by molar-refractivity contribution is 0.103. The molecule has 0 saturated heterocycles. The van der Waals surface area contributed by atoms with Crippen LogP contribution in [0.25, 0.3) is 10.9 Å². The summed E-state index contributed by atoms with van der Waals surface area (Å²) in [5, 5.41) is 0.767. The summed E-state index contributed by atoms with van der Waals surface area (Å²) in [6, 6.07) is 12.9. The minimum absolute atomic E-state index is 0.0356. The lowest BCUT2D eigenvalue weighted by Crippen LogP contribution is -2.08. The number of fused-ring (bicyclic) bond motifs is 1. The van der Waals surface area contributed by atoms with Crippen molar-refractivity contribution in [2.24, 2.45) is 0 Å². The fourth-order valence-electron chi connectivity index (χ4n) is 2.13. The number of ketones is 1. The number of nitrogens with zero attached hydrogens (tertiary/aromatic N) is 1. The third kappa shape index (κ3) is 2.52. The zero-order valence-electron chi connectivity index (χ0n) is 10.8. The maximum atomic E-state index is 13.8. The Morgan fingerprint density at radius 1 is 1.14 bits per heavy atom. The van der Waals surface area contributed by atoms with E-state index in [-0.39, 0.29) is 11.3 Å². The largest absolute Gasteiger partial charge is 0.398 e. The van der Waals surface area contributed by atoms with E-state index in [0.29, 0.717) is 15.7 Å². The van der Waals surface area contributed by atoms with E-state index >= 15 is 0 Å². The van der Waals surface area contributed by atoms with E-state index in [1.54, 1.807) is 6.07 Å². The molecule has 0 aliphatic carbocycles. The highest BCUT2D eigenvalue weighted by molar-refractivity contribution is 9.10. The molecule has 104 valence electrons. The molecule has 0 spiro atoms. The molecular weight excluding hydrogens is 335 g/mol. The van der Waals surface area contributed by atoms with E-state index in [2.05, 4.69) is 20.9 Å². The van der Waals surface area contributed by atoms with E-state index in [1.807, 2.05) is 18.2 Å². The van der Waals surface area contributed by atoms with Crippen LogP contribution in [-0.4, -0.2) is 10.8 Å². The van der Waals surface area contributed by atoms with Gasteiger partial charge in [-0.25, -0.2) is 9.37 Å². The number of carbonyl (C=O) groups excluding carboxylic acids is 1. The number of benzene rings is 2. The van der Waals surface area contributed by atoms with Crippen LogP contribution in [0.3, 0.4) is 0 Å². The molecule has 0 saturated carbocycles. The van der Waals surface area contributed by atoms with Crippen LogP contribution in [0.15, 0.2) is 53.0 Å². The summed E-state index contributed by atoms with van der Waals surface area (Å²) >= 11 is 3.23. The highest BCUT2D eigenvalue weighted by atomic mass is 79.9. The average Bonchev–Trinajstić information content (AvgIpc) is 2.49. The lowest BCUT2D eigenvalue weighted by atomic mass is 10.1. The number of anilines is 1. The van der Waals surface area contributed by atoms with Gasteiger partial charge in [0.25, 0.3) is 0 Å². The Labute approximate surface area is 128 Å². The van der Waals surface area contributed by atoms with Crippen molar-refractivity contribution >= 4 is 38.3 Å². The molecule has 0 aliphatic heterocycles. The monoisotopic (exact) mass is 344 g/mol. The van der Waals surface area contributed by atoms with Crippen molar-refractivity contribution in [1.29, 1.82) is 0 Å². The highest BCUT2D eigenvalue weighted by Gasteiger charge is 2.17. The van der Waals surface area contributed by atoms with Crippen molar-refractivity contribution in [1.82, 2.24) is 4.98 Å². The molecule has 5 heteroatoms. The quantitative estimate of drug-likeness (QED) is 0.716. The molecule has 1 heterocycles. The van der Waals surface area contributed by atoms with Gasteiger partial charge in [-0.1, -0.05) is 34.1 Å². The Morgan fingerprint density at radius 2 is 1.90 bits per heavy atom. The van der Waals surface area contributed by atoms with Gasteiger partial charge < -0.3 is 5.73 Å². The minimum Gasteiger partial charge on any atom is -0.398 e. The first kappa shape index (κ1) is 13.7. The molecule has 2 aromatic carbocycles. The molecule has 0 bridgehead atoms. The Balaban J connectivity index is 2.16. The Hall–Kier alpha value is -2.27. The molecule has 3 aromatic rings. The molecule has 0 radical (unpaired) electrons. The van der Waals surface area contributed by atoms with Crippen molar-refractivity contribution < 1.29 is 9.18 Å². The number of pyridine rings is 1. The van der Waals surface area contributed by atoms with Crippen molar-refractivity contribution in [2.45, 2.75) is 0 Å². The summed E-state index contributed by atoms with van der Waals surface area (Å²) in [6.07, 6.45) is 0. The van der Waals surface area contributed by atoms with Gasteiger partial charge in [0.15, 0.2) is 0 Å². The van der Waals surface area contributed by atoms with Crippen molar-refractivity contribution in [3.05, 3.63) is 70.1 Å². The van der Waals surface area contributed by atoms with E-state index < -0.39 is 11.6 Å². The van der Waals surface area contributed by atoms with E-state index in [1.165, 1.54) is 24.3 Å². The Bertz CT molecular complexity index is 864. The van der Waals surface area contributed by atoms with E-state index in [4.69, 9.17) is 5.73 Å². The number of para-hydroxylation sites is 1. The van der Waals surface area contributed by atoms with Crippen LogP contribution < -0.4 is 5.73 Å². The Kier molecular flexibility index (Phi) is 3.43.